The lowest BCUT2D eigenvalue weighted by Gasteiger charge is -2.25. The fraction of sp³-hybridized carbons (Fsp3) is 0.593. The molecule has 0 heteroatoms. The third kappa shape index (κ3) is 15.7. The van der Waals surface area contributed by atoms with Crippen LogP contribution in [-0.4, -0.2) is 0 Å². The number of hydrogen-bond donors (Lipinski definition) is 0. The minimum atomic E-state index is -2.80. The van der Waals surface area contributed by atoms with Crippen LogP contribution in [0.3, 0.4) is 0 Å². The molecular formula is C59H94. The Morgan fingerprint density at radius 2 is 0.593 bits per heavy atom. The van der Waals surface area contributed by atoms with Crippen LogP contribution in [0, 0.1) is 27.7 Å². The summed E-state index contributed by atoms with van der Waals surface area (Å²) in [4.78, 5) is 0. The summed E-state index contributed by atoms with van der Waals surface area (Å²) in [6.07, 6.45) is 0. The van der Waals surface area contributed by atoms with Gasteiger partial charge < -0.3 is 0 Å². The van der Waals surface area contributed by atoms with Gasteiger partial charge in [0.05, 0.1) is 0 Å². The van der Waals surface area contributed by atoms with Crippen molar-refractivity contribution >= 4 is 0 Å². The van der Waals surface area contributed by atoms with Crippen molar-refractivity contribution in [3.8, 4) is 0 Å². The van der Waals surface area contributed by atoms with E-state index in [1.807, 2.05) is 93.5 Å². The van der Waals surface area contributed by atoms with Crippen LogP contribution in [0.2, 0.25) is 0 Å². The highest BCUT2D eigenvalue weighted by Gasteiger charge is 2.20. The Balaban J connectivity index is 0.000000548. The molecule has 330 valence electrons. The first-order valence-electron chi connectivity index (χ1n) is 31.3. The molecule has 0 nitrogen and oxygen atoms in total. The van der Waals surface area contributed by atoms with Gasteiger partial charge in [0.25, 0.3) is 0 Å². The largest absolute Gasteiger partial charge is 0.0617 e. The standard InChI is InChI=1S/C17H28.C16H26.2C13H20/c1-11(2)15-9-14(17(6,7)8)10-16(12(3)4)13(15)5;1-10(2)14-8-15(11(3)4)13(7)16(9-14)12(5)6;2*1-9(2)12-7-6-8-13(10(3)4)11(12)5/h9-12H,1-8H3;8-12H,1-7H3;2*6-10H,1-5H3/i11D,12D;1D3,3D3,5D3,10D,11D,12D;1D3,9D,10D;9D,10D. The molecule has 0 aliphatic heterocycles. The van der Waals surface area contributed by atoms with E-state index in [1.165, 1.54) is 31.5 Å². The predicted octanol–water partition coefficient (Wildman–Crippen LogP) is 19.4. The third-order valence-electron chi connectivity index (χ3n) is 10.7. The summed E-state index contributed by atoms with van der Waals surface area (Å²) in [5.41, 5.74) is 9.21. The number of rotatable bonds is 9. The van der Waals surface area contributed by atoms with Gasteiger partial charge in [-0.25, -0.2) is 0 Å². The van der Waals surface area contributed by atoms with Gasteiger partial charge in [-0.1, -0.05) is 206 Å². The van der Waals surface area contributed by atoms with Gasteiger partial charge in [0, 0.05) is 28.8 Å². The van der Waals surface area contributed by atoms with E-state index in [9.17, 15) is 0 Å². The molecule has 0 saturated carbocycles. The minimum Gasteiger partial charge on any atom is -0.0617 e. The quantitative estimate of drug-likeness (QED) is 0.158. The zero-order valence-corrected chi connectivity index (χ0v) is 40.8. The molecule has 4 rings (SSSR count). The van der Waals surface area contributed by atoms with Crippen molar-refractivity contribution in [2.75, 3.05) is 0 Å². The molecule has 0 N–H and O–H groups in total. The Morgan fingerprint density at radius 1 is 0.356 bits per heavy atom. The van der Waals surface area contributed by atoms with Crippen molar-refractivity contribution in [3.63, 3.8) is 0 Å². The topological polar surface area (TPSA) is 0 Å². The average Bonchev–Trinajstić information content (AvgIpc) is 3.20. The van der Waals surface area contributed by atoms with Crippen LogP contribution >= 0.6 is 0 Å². The molecule has 0 aromatic heterocycles. The normalized spacial score (nSPS) is 22.8. The second kappa shape index (κ2) is 23.8. The highest BCUT2D eigenvalue weighted by Crippen LogP contribution is 2.34. The van der Waals surface area contributed by atoms with Crippen molar-refractivity contribution in [1.82, 2.24) is 0 Å². The van der Waals surface area contributed by atoms with E-state index in [0.29, 0.717) is 5.56 Å². The first-order valence-corrected chi connectivity index (χ1v) is 20.8. The fourth-order valence-electron chi connectivity index (χ4n) is 7.20. The smallest absolute Gasteiger partial charge is 0.0347 e. The second-order valence-electron chi connectivity index (χ2n) is 18.1. The molecule has 59 heavy (non-hydrogen) atoms. The predicted molar refractivity (Wildman–Crippen MR) is 270 cm³/mol. The molecule has 0 saturated heterocycles. The van der Waals surface area contributed by atoms with E-state index in [-0.39, 0.29) is 27.7 Å². The molecule has 4 unspecified atom stereocenters. The molecule has 0 heterocycles. The Morgan fingerprint density at radius 3 is 0.847 bits per heavy atom. The van der Waals surface area contributed by atoms with E-state index in [2.05, 4.69) is 32.9 Å². The van der Waals surface area contributed by atoms with Gasteiger partial charge in [0.15, 0.2) is 0 Å². The van der Waals surface area contributed by atoms with Gasteiger partial charge in [-0.15, -0.1) is 0 Å². The van der Waals surface area contributed by atoms with E-state index < -0.39 is 80.5 Å². The van der Waals surface area contributed by atoms with Gasteiger partial charge in [-0.05, 0) is 164 Å². The molecule has 4 aromatic carbocycles. The SMILES string of the molecule is [2H]C(C)(C)c1cc(C(C)(C)C)cc(C([2H])(C)C)c1C.[2H]C(C)(C)c1cccc(C([2H])(C)C([2H])([2H])[2H])c1C.[2H]C(C)(C)c1cccc(C([2H])(C)C)c1C.[2H]C([2H])([2H])C([2H])(C)c1cc(C([2H])(C)C([2H])([2H])[2H])c(C)c(C([2H])(C)C([2H])([2H])[2H])c1. The molecule has 0 radical (unpaired) electrons. The van der Waals surface area contributed by atoms with Crippen LogP contribution in [0.15, 0.2) is 60.7 Å². The summed E-state index contributed by atoms with van der Waals surface area (Å²) in [6.45, 7) is 26.5. The zero-order chi connectivity index (χ0) is 64.2. The third-order valence-corrected chi connectivity index (χ3v) is 10.7. The number of benzene rings is 4. The summed E-state index contributed by atoms with van der Waals surface area (Å²) in [5.74, 6) is -11.5. The Labute approximate surface area is 398 Å². The Bertz CT molecular complexity index is 2620. The minimum absolute atomic E-state index is 0.0354. The summed E-state index contributed by atoms with van der Waals surface area (Å²) in [6, 6.07) is 17.8. The lowest BCUT2D eigenvalue weighted by atomic mass is 9.80. The van der Waals surface area contributed by atoms with Crippen LogP contribution in [0.4, 0.5) is 0 Å². The van der Waals surface area contributed by atoms with E-state index in [0.717, 1.165) is 65.3 Å². The van der Waals surface area contributed by atoms with Crippen LogP contribution in [0.1, 0.15) is 305 Å². The van der Waals surface area contributed by atoms with E-state index in [4.69, 9.17) is 28.8 Å². The van der Waals surface area contributed by atoms with E-state index >= 15 is 0 Å². The molecule has 0 fully saturated rings. The molecular weight excluding hydrogens is 709 g/mol. The Hall–Kier alpha value is -3.12. The fourth-order valence-corrected chi connectivity index (χ4v) is 7.20. The first kappa shape index (κ1) is 28.5. The van der Waals surface area contributed by atoms with Crippen LogP contribution in [0.5, 0.6) is 0 Å². The lowest BCUT2D eigenvalue weighted by Crippen LogP contribution is -2.14. The maximum atomic E-state index is 8.41. The van der Waals surface area contributed by atoms with Crippen molar-refractivity contribution in [1.29, 1.82) is 0 Å². The first-order chi connectivity index (χ1) is 34.8. The van der Waals surface area contributed by atoms with Gasteiger partial charge in [-0.2, -0.15) is 0 Å². The molecule has 0 spiro atoms. The molecule has 0 amide bonds. The van der Waals surface area contributed by atoms with Gasteiger partial charge in [0.2, 0.25) is 0 Å². The van der Waals surface area contributed by atoms with Crippen LogP contribution in [0.25, 0.3) is 0 Å². The zero-order valence-electron chi connectivity index (χ0n) is 61.8. The molecule has 0 aliphatic rings. The van der Waals surface area contributed by atoms with Crippen molar-refractivity contribution in [3.05, 3.63) is 139 Å². The summed E-state index contributed by atoms with van der Waals surface area (Å²) in [7, 11) is 0. The van der Waals surface area contributed by atoms with Crippen LogP contribution < -0.4 is 0 Å². The molecule has 4 aromatic rings. The van der Waals surface area contributed by atoms with Gasteiger partial charge in [-0.3, -0.25) is 0 Å². The summed E-state index contributed by atoms with van der Waals surface area (Å²) < 4.78 is 166. The van der Waals surface area contributed by atoms with Crippen LogP contribution in [-0.2, 0) is 5.41 Å². The van der Waals surface area contributed by atoms with E-state index in [1.54, 1.807) is 32.9 Å². The summed E-state index contributed by atoms with van der Waals surface area (Å²) >= 11 is 0. The number of hydrogen-bond acceptors (Lipinski definition) is 0. The summed E-state index contributed by atoms with van der Waals surface area (Å²) in [5, 5.41) is 0. The maximum Gasteiger partial charge on any atom is 0.0347 e. The Kier molecular flexibility index (Phi) is 11.5. The van der Waals surface area contributed by atoms with Crippen molar-refractivity contribution < 1.29 is 28.8 Å². The molecule has 4 atom stereocenters. The second-order valence-corrected chi connectivity index (χ2v) is 18.1. The molecule has 0 bridgehead atoms. The average molecular weight is 825 g/mol. The monoisotopic (exact) mass is 824 g/mol. The highest BCUT2D eigenvalue weighted by molar-refractivity contribution is 5.45. The van der Waals surface area contributed by atoms with Gasteiger partial charge >= 0.3 is 0 Å². The van der Waals surface area contributed by atoms with Gasteiger partial charge in [0.1, 0.15) is 0 Å². The lowest BCUT2D eigenvalue weighted by molar-refractivity contribution is 0.586. The molecule has 0 aliphatic carbocycles. The maximum absolute atomic E-state index is 8.41. The van der Waals surface area contributed by atoms with Crippen molar-refractivity contribution in [2.24, 2.45) is 0 Å². The highest BCUT2D eigenvalue weighted by atomic mass is 14.2. The van der Waals surface area contributed by atoms with Crippen molar-refractivity contribution in [2.45, 2.75) is 231 Å².